The number of nitrogens with zero attached hydrogens (tertiary/aromatic N) is 1. The number of hydrogen-bond donors (Lipinski definition) is 0. The van der Waals surface area contributed by atoms with Gasteiger partial charge in [-0.1, -0.05) is 48.8 Å². The number of carbonyl (C=O) groups excluding carboxylic acids is 1. The molecule has 2 aromatic rings. The van der Waals surface area contributed by atoms with E-state index >= 15 is 0 Å². The van der Waals surface area contributed by atoms with E-state index < -0.39 is 21.4 Å². The maximum atomic E-state index is 12.6. The molecule has 1 aliphatic rings. The van der Waals surface area contributed by atoms with Crippen LogP contribution < -0.4 is 4.74 Å². The van der Waals surface area contributed by atoms with Crippen LogP contribution in [0.15, 0.2) is 30.8 Å². The molecule has 0 spiro atoms. The highest BCUT2D eigenvalue weighted by molar-refractivity contribution is 7.87. The molecule has 1 aromatic carbocycles. The highest BCUT2D eigenvalue weighted by Crippen LogP contribution is 2.45. The zero-order valence-corrected chi connectivity index (χ0v) is 18.9. The summed E-state index contributed by atoms with van der Waals surface area (Å²) in [5, 5.41) is 0.398. The highest BCUT2D eigenvalue weighted by Gasteiger charge is 2.49. The van der Waals surface area contributed by atoms with Crippen LogP contribution in [0.25, 0.3) is 17.0 Å². The molecule has 174 valence electrons. The molecule has 0 saturated heterocycles. The van der Waals surface area contributed by atoms with Crippen LogP contribution in [-0.2, 0) is 23.8 Å². The number of fused-ring (bicyclic) bond motifs is 1. The van der Waals surface area contributed by atoms with E-state index in [1.54, 1.807) is 18.2 Å². The molecule has 1 unspecified atom stereocenters. The standard InChI is InChI=1S/C17H12Cl2F3NO4S.C2H4O2/c1-8-7-26-16-11(8)6-13(9(2)27-28(24,25)17(20,21)22)23-15(16)10-4-3-5-12(18)14(10)19;1-4-2-3/h3-6,8H,2,7H2,1H3;2H,1H3. The minimum absolute atomic E-state index is 0.125. The van der Waals surface area contributed by atoms with E-state index in [4.69, 9.17) is 32.7 Å². The number of methoxy groups -OCH3 is 1. The fraction of sp³-hybridized carbons (Fsp3) is 0.263. The van der Waals surface area contributed by atoms with Crippen molar-refractivity contribution in [2.75, 3.05) is 13.7 Å². The van der Waals surface area contributed by atoms with Gasteiger partial charge in [-0.2, -0.15) is 21.6 Å². The van der Waals surface area contributed by atoms with Gasteiger partial charge in [0.05, 0.1) is 23.8 Å². The van der Waals surface area contributed by atoms with E-state index in [2.05, 4.69) is 20.5 Å². The van der Waals surface area contributed by atoms with E-state index in [1.807, 2.05) is 6.92 Å². The number of ether oxygens (including phenoxy) is 2. The number of aromatic nitrogens is 1. The molecule has 32 heavy (non-hydrogen) atoms. The van der Waals surface area contributed by atoms with Crippen LogP contribution in [0.1, 0.15) is 24.1 Å². The molecule has 1 atom stereocenters. The molecule has 0 saturated carbocycles. The Labute approximate surface area is 191 Å². The van der Waals surface area contributed by atoms with Crippen LogP contribution in [0.3, 0.4) is 0 Å². The summed E-state index contributed by atoms with van der Waals surface area (Å²) in [5.74, 6) is -0.522. The Morgan fingerprint density at radius 1 is 1.34 bits per heavy atom. The third kappa shape index (κ3) is 5.45. The second-order valence-electron chi connectivity index (χ2n) is 6.33. The summed E-state index contributed by atoms with van der Waals surface area (Å²) >= 11 is 12.3. The number of hydrogen-bond acceptors (Lipinski definition) is 7. The third-order valence-corrected chi connectivity index (χ3v) is 5.90. The molecule has 0 amide bonds. The zero-order chi connectivity index (χ0) is 24.3. The predicted octanol–water partition coefficient (Wildman–Crippen LogP) is 5.18. The normalized spacial score (nSPS) is 15.0. The molecular formula is C19H16Cl2F3NO6S. The van der Waals surface area contributed by atoms with Crippen molar-refractivity contribution in [3.8, 4) is 17.0 Å². The molecule has 1 aliphatic heterocycles. The van der Waals surface area contributed by atoms with Crippen LogP contribution in [-0.4, -0.2) is 39.1 Å². The fourth-order valence-electron chi connectivity index (χ4n) is 2.60. The van der Waals surface area contributed by atoms with Gasteiger partial charge < -0.3 is 13.7 Å². The van der Waals surface area contributed by atoms with Crippen molar-refractivity contribution >= 4 is 45.6 Å². The number of pyridine rings is 1. The molecule has 13 heteroatoms. The summed E-state index contributed by atoms with van der Waals surface area (Å²) in [5.41, 5.74) is -4.63. The largest absolute Gasteiger partial charge is 0.534 e. The van der Waals surface area contributed by atoms with Gasteiger partial charge in [0.2, 0.25) is 0 Å². The first kappa shape index (κ1) is 25.8. The smallest absolute Gasteiger partial charge is 0.490 e. The van der Waals surface area contributed by atoms with Gasteiger partial charge in [-0.25, -0.2) is 4.98 Å². The van der Waals surface area contributed by atoms with Crippen LogP contribution in [0.4, 0.5) is 13.2 Å². The van der Waals surface area contributed by atoms with Gasteiger partial charge >= 0.3 is 15.6 Å². The lowest BCUT2D eigenvalue weighted by Gasteiger charge is -2.15. The topological polar surface area (TPSA) is 91.8 Å². The Morgan fingerprint density at radius 2 is 1.97 bits per heavy atom. The number of alkyl halides is 3. The lowest BCUT2D eigenvalue weighted by molar-refractivity contribution is -0.126. The van der Waals surface area contributed by atoms with Crippen LogP contribution in [0.5, 0.6) is 5.75 Å². The minimum Gasteiger partial charge on any atom is -0.490 e. The molecule has 3 rings (SSSR count). The quantitative estimate of drug-likeness (QED) is 0.235. The van der Waals surface area contributed by atoms with Crippen molar-refractivity contribution in [1.82, 2.24) is 4.98 Å². The maximum Gasteiger partial charge on any atom is 0.534 e. The van der Waals surface area contributed by atoms with Gasteiger partial charge in [0.15, 0.2) is 5.76 Å². The Balaban J connectivity index is 0.000000837. The van der Waals surface area contributed by atoms with Crippen molar-refractivity contribution in [2.24, 2.45) is 0 Å². The van der Waals surface area contributed by atoms with E-state index in [0.29, 0.717) is 30.0 Å². The summed E-state index contributed by atoms with van der Waals surface area (Å²) < 4.78 is 74.0. The van der Waals surface area contributed by atoms with Gasteiger partial charge in [0, 0.05) is 17.0 Å². The molecule has 7 nitrogen and oxygen atoms in total. The number of benzene rings is 1. The molecular weight excluding hydrogens is 498 g/mol. The minimum atomic E-state index is -5.88. The zero-order valence-electron chi connectivity index (χ0n) is 16.6. The second kappa shape index (κ2) is 9.97. The summed E-state index contributed by atoms with van der Waals surface area (Å²) in [6.45, 7) is 5.79. The summed E-state index contributed by atoms with van der Waals surface area (Å²) in [6, 6.07) is 6.15. The lowest BCUT2D eigenvalue weighted by Crippen LogP contribution is -2.25. The van der Waals surface area contributed by atoms with Crippen molar-refractivity contribution in [1.29, 1.82) is 0 Å². The van der Waals surface area contributed by atoms with Crippen LogP contribution >= 0.6 is 23.2 Å². The molecule has 2 heterocycles. The summed E-state index contributed by atoms with van der Waals surface area (Å²) in [4.78, 5) is 13.1. The van der Waals surface area contributed by atoms with E-state index in [0.717, 1.165) is 0 Å². The molecule has 0 aliphatic carbocycles. The summed E-state index contributed by atoms with van der Waals surface area (Å²) in [7, 11) is -4.57. The van der Waals surface area contributed by atoms with E-state index in [1.165, 1.54) is 13.2 Å². The van der Waals surface area contributed by atoms with Crippen molar-refractivity contribution in [2.45, 2.75) is 18.3 Å². The highest BCUT2D eigenvalue weighted by atomic mass is 35.5. The van der Waals surface area contributed by atoms with Gasteiger partial charge in [-0.3, -0.25) is 4.79 Å². The first-order chi connectivity index (χ1) is 14.8. The molecule has 0 N–H and O–H groups in total. The van der Waals surface area contributed by atoms with Gasteiger partial charge in [0.25, 0.3) is 6.47 Å². The lowest BCUT2D eigenvalue weighted by atomic mass is 9.99. The monoisotopic (exact) mass is 513 g/mol. The Bertz CT molecular complexity index is 1140. The maximum absolute atomic E-state index is 12.6. The second-order valence-corrected chi connectivity index (χ2v) is 8.65. The van der Waals surface area contributed by atoms with Gasteiger partial charge in [-0.15, -0.1) is 0 Å². The third-order valence-electron chi connectivity index (χ3n) is 4.09. The molecule has 1 aromatic heterocycles. The van der Waals surface area contributed by atoms with Crippen molar-refractivity contribution < 1.29 is 40.0 Å². The van der Waals surface area contributed by atoms with E-state index in [-0.39, 0.29) is 27.4 Å². The van der Waals surface area contributed by atoms with Gasteiger partial charge in [0.1, 0.15) is 17.1 Å². The van der Waals surface area contributed by atoms with E-state index in [9.17, 15) is 21.6 Å². The van der Waals surface area contributed by atoms with Crippen molar-refractivity contribution in [3.63, 3.8) is 0 Å². The predicted molar refractivity (Wildman–Crippen MR) is 112 cm³/mol. The van der Waals surface area contributed by atoms with Crippen LogP contribution in [0, 0.1) is 0 Å². The van der Waals surface area contributed by atoms with Crippen LogP contribution in [0.2, 0.25) is 10.0 Å². The SMILES string of the molecule is C=C(OS(=O)(=O)C(F)(F)F)c1cc2c(c(-c3cccc(Cl)c3Cl)n1)OCC2C.COC=O. The molecule has 0 radical (unpaired) electrons. The molecule has 0 fully saturated rings. The Hall–Kier alpha value is -2.50. The van der Waals surface area contributed by atoms with Gasteiger partial charge in [-0.05, 0) is 12.1 Å². The fourth-order valence-corrected chi connectivity index (χ4v) is 3.44. The number of carbonyl (C=O) groups is 1. The average molecular weight is 514 g/mol. The Morgan fingerprint density at radius 3 is 2.53 bits per heavy atom. The Kier molecular flexibility index (Phi) is 8.02. The average Bonchev–Trinajstić information content (AvgIpc) is 3.09. The number of rotatable bonds is 5. The van der Waals surface area contributed by atoms with Crippen molar-refractivity contribution in [3.05, 3.63) is 52.1 Å². The summed E-state index contributed by atoms with van der Waals surface area (Å²) in [6.07, 6.45) is 0. The first-order valence-corrected chi connectivity index (χ1v) is 10.8. The molecule has 0 bridgehead atoms. The first-order valence-electron chi connectivity index (χ1n) is 8.62. The number of halogens is 5.